The zero-order valence-electron chi connectivity index (χ0n) is 10.8. The third-order valence-corrected chi connectivity index (χ3v) is 4.95. The summed E-state index contributed by atoms with van der Waals surface area (Å²) in [5.41, 5.74) is 0. The van der Waals surface area contributed by atoms with Gasteiger partial charge < -0.3 is 0 Å². The van der Waals surface area contributed by atoms with Crippen LogP contribution in [0.1, 0.15) is 59.8 Å². The van der Waals surface area contributed by atoms with Crippen LogP contribution in [0.3, 0.4) is 0 Å². The molecule has 0 saturated heterocycles. The topological polar surface area (TPSA) is 0 Å². The van der Waals surface area contributed by atoms with E-state index >= 15 is 0 Å². The molecule has 0 bridgehead atoms. The number of alkyl halides is 1. The lowest BCUT2D eigenvalue weighted by molar-refractivity contribution is 0.327. The van der Waals surface area contributed by atoms with Gasteiger partial charge in [0.05, 0.1) is 0 Å². The van der Waals surface area contributed by atoms with Crippen LogP contribution in [0.15, 0.2) is 0 Å². The second-order valence-electron chi connectivity index (χ2n) is 5.96. The van der Waals surface area contributed by atoms with Crippen molar-refractivity contribution >= 4 is 11.6 Å². The molecule has 1 saturated carbocycles. The molecule has 1 aliphatic rings. The van der Waals surface area contributed by atoms with Crippen molar-refractivity contribution in [2.45, 2.75) is 65.2 Å². The van der Waals surface area contributed by atoms with Crippen molar-refractivity contribution < 1.29 is 0 Å². The van der Waals surface area contributed by atoms with Crippen molar-refractivity contribution in [3.8, 4) is 0 Å². The fourth-order valence-electron chi connectivity index (χ4n) is 2.89. The Morgan fingerprint density at radius 3 is 1.93 bits per heavy atom. The average Bonchev–Trinajstić information content (AvgIpc) is 2.41. The maximum atomic E-state index is 6.49. The van der Waals surface area contributed by atoms with Gasteiger partial charge >= 0.3 is 0 Å². The highest BCUT2D eigenvalue weighted by Crippen LogP contribution is 2.36. The molecular formula is C14H27Cl. The van der Waals surface area contributed by atoms with Crippen LogP contribution in [-0.2, 0) is 0 Å². The quantitative estimate of drug-likeness (QED) is 0.467. The fourth-order valence-corrected chi connectivity index (χ4v) is 3.14. The third-order valence-electron chi connectivity index (χ3n) is 4.09. The summed E-state index contributed by atoms with van der Waals surface area (Å²) in [5, 5.41) is 0.399. The molecule has 0 aromatic carbocycles. The molecular weight excluding hydrogens is 204 g/mol. The molecule has 0 nitrogen and oxygen atoms in total. The SMILES string of the molecule is CC(C)C1CCCC(C(Cl)C(C)C)CC1. The summed E-state index contributed by atoms with van der Waals surface area (Å²) in [6.07, 6.45) is 6.93. The predicted octanol–water partition coefficient (Wildman–Crippen LogP) is 5.10. The van der Waals surface area contributed by atoms with Crippen molar-refractivity contribution in [3.63, 3.8) is 0 Å². The van der Waals surface area contributed by atoms with Crippen LogP contribution >= 0.6 is 11.6 Å². The van der Waals surface area contributed by atoms with Gasteiger partial charge in [-0.15, -0.1) is 11.6 Å². The largest absolute Gasteiger partial charge is 0.122 e. The predicted molar refractivity (Wildman–Crippen MR) is 69.4 cm³/mol. The highest BCUT2D eigenvalue weighted by atomic mass is 35.5. The van der Waals surface area contributed by atoms with Gasteiger partial charge in [-0.1, -0.05) is 40.5 Å². The van der Waals surface area contributed by atoms with Gasteiger partial charge in [0.15, 0.2) is 0 Å². The molecule has 1 aliphatic carbocycles. The molecule has 0 radical (unpaired) electrons. The molecule has 0 aromatic rings. The van der Waals surface area contributed by atoms with E-state index in [0.29, 0.717) is 11.3 Å². The summed E-state index contributed by atoms with van der Waals surface area (Å²) in [5.74, 6) is 3.21. The van der Waals surface area contributed by atoms with Crippen molar-refractivity contribution in [2.24, 2.45) is 23.7 Å². The lowest BCUT2D eigenvalue weighted by Gasteiger charge is -2.24. The van der Waals surface area contributed by atoms with Crippen LogP contribution in [0.4, 0.5) is 0 Å². The van der Waals surface area contributed by atoms with Crippen molar-refractivity contribution in [1.82, 2.24) is 0 Å². The molecule has 0 aliphatic heterocycles. The standard InChI is InChI=1S/C14H27Cl/c1-10(2)12-6-5-7-13(9-8-12)14(15)11(3)4/h10-14H,5-9H2,1-4H3. The third kappa shape index (κ3) is 3.98. The Balaban J connectivity index is 2.45. The van der Waals surface area contributed by atoms with Gasteiger partial charge in [-0.2, -0.15) is 0 Å². The van der Waals surface area contributed by atoms with Crippen LogP contribution < -0.4 is 0 Å². The Morgan fingerprint density at radius 2 is 1.40 bits per heavy atom. The molecule has 0 aromatic heterocycles. The summed E-state index contributed by atoms with van der Waals surface area (Å²) in [6.45, 7) is 9.24. The highest BCUT2D eigenvalue weighted by Gasteiger charge is 2.26. The molecule has 3 atom stereocenters. The van der Waals surface area contributed by atoms with Gasteiger partial charge in [-0.05, 0) is 42.9 Å². The first kappa shape index (κ1) is 13.4. The van der Waals surface area contributed by atoms with E-state index in [9.17, 15) is 0 Å². The molecule has 1 heteroatoms. The first-order chi connectivity index (χ1) is 7.02. The fraction of sp³-hybridized carbons (Fsp3) is 1.00. The van der Waals surface area contributed by atoms with Crippen LogP contribution in [0.2, 0.25) is 0 Å². The number of hydrogen-bond donors (Lipinski definition) is 0. The van der Waals surface area contributed by atoms with Gasteiger partial charge in [0.1, 0.15) is 0 Å². The van der Waals surface area contributed by atoms with Gasteiger partial charge in [-0.3, -0.25) is 0 Å². The van der Waals surface area contributed by atoms with Crippen LogP contribution in [0.25, 0.3) is 0 Å². The van der Waals surface area contributed by atoms with Crippen LogP contribution in [0.5, 0.6) is 0 Å². The Morgan fingerprint density at radius 1 is 0.867 bits per heavy atom. The minimum Gasteiger partial charge on any atom is -0.122 e. The second-order valence-corrected chi connectivity index (χ2v) is 6.46. The summed E-state index contributed by atoms with van der Waals surface area (Å²) >= 11 is 6.49. The van der Waals surface area contributed by atoms with E-state index in [1.165, 1.54) is 32.1 Å². The summed E-state index contributed by atoms with van der Waals surface area (Å²) in [7, 11) is 0. The van der Waals surface area contributed by atoms with Gasteiger partial charge in [0, 0.05) is 5.38 Å². The molecule has 1 rings (SSSR count). The lowest BCUT2D eigenvalue weighted by atomic mass is 9.87. The Kier molecular flexibility index (Phi) is 5.46. The minimum absolute atomic E-state index is 0.399. The van der Waals surface area contributed by atoms with E-state index in [4.69, 9.17) is 11.6 Å². The minimum atomic E-state index is 0.399. The molecule has 0 spiro atoms. The smallest absolute Gasteiger partial charge is 0.0387 e. The van der Waals surface area contributed by atoms with Crippen molar-refractivity contribution in [1.29, 1.82) is 0 Å². The monoisotopic (exact) mass is 230 g/mol. The number of halogens is 1. The summed E-state index contributed by atoms with van der Waals surface area (Å²) in [6, 6.07) is 0. The molecule has 1 fully saturated rings. The maximum absolute atomic E-state index is 6.49. The molecule has 90 valence electrons. The first-order valence-electron chi connectivity index (χ1n) is 6.66. The van der Waals surface area contributed by atoms with E-state index in [1.807, 2.05) is 0 Å². The van der Waals surface area contributed by atoms with E-state index in [0.717, 1.165) is 17.8 Å². The van der Waals surface area contributed by atoms with E-state index in [1.54, 1.807) is 0 Å². The number of rotatable bonds is 3. The summed E-state index contributed by atoms with van der Waals surface area (Å²) < 4.78 is 0. The Hall–Kier alpha value is 0.290. The normalized spacial score (nSPS) is 30.6. The van der Waals surface area contributed by atoms with Gasteiger partial charge in [-0.25, -0.2) is 0 Å². The second kappa shape index (κ2) is 6.13. The van der Waals surface area contributed by atoms with Gasteiger partial charge in [0.2, 0.25) is 0 Å². The Labute approximate surface area is 101 Å². The van der Waals surface area contributed by atoms with Crippen molar-refractivity contribution in [3.05, 3.63) is 0 Å². The van der Waals surface area contributed by atoms with E-state index < -0.39 is 0 Å². The highest BCUT2D eigenvalue weighted by molar-refractivity contribution is 6.20. The zero-order chi connectivity index (χ0) is 11.4. The molecule has 15 heavy (non-hydrogen) atoms. The molecule has 0 amide bonds. The number of hydrogen-bond acceptors (Lipinski definition) is 0. The van der Waals surface area contributed by atoms with Crippen molar-refractivity contribution in [2.75, 3.05) is 0 Å². The van der Waals surface area contributed by atoms with Gasteiger partial charge in [0.25, 0.3) is 0 Å². The Bertz CT molecular complexity index is 174. The molecule has 0 heterocycles. The molecule has 0 N–H and O–H groups in total. The van der Waals surface area contributed by atoms with Crippen LogP contribution in [0, 0.1) is 23.7 Å². The summed E-state index contributed by atoms with van der Waals surface area (Å²) in [4.78, 5) is 0. The van der Waals surface area contributed by atoms with Crippen LogP contribution in [-0.4, -0.2) is 5.38 Å². The van der Waals surface area contributed by atoms with E-state index in [-0.39, 0.29) is 0 Å². The lowest BCUT2D eigenvalue weighted by Crippen LogP contribution is -2.20. The molecule has 3 unspecified atom stereocenters. The zero-order valence-corrected chi connectivity index (χ0v) is 11.6. The maximum Gasteiger partial charge on any atom is 0.0387 e. The first-order valence-corrected chi connectivity index (χ1v) is 7.10. The average molecular weight is 231 g/mol. The van der Waals surface area contributed by atoms with E-state index in [2.05, 4.69) is 27.7 Å².